The van der Waals surface area contributed by atoms with E-state index < -0.39 is 0 Å². The van der Waals surface area contributed by atoms with Crippen molar-refractivity contribution in [2.45, 2.75) is 32.2 Å². The number of amides is 1. The zero-order valence-corrected chi connectivity index (χ0v) is 12.1. The van der Waals surface area contributed by atoms with E-state index in [1.54, 1.807) is 24.0 Å². The van der Waals surface area contributed by atoms with Gasteiger partial charge in [0.1, 0.15) is 5.15 Å². The molecule has 0 spiro atoms. The number of ketones is 1. The van der Waals surface area contributed by atoms with E-state index in [9.17, 15) is 9.59 Å². The van der Waals surface area contributed by atoms with Gasteiger partial charge in [-0.15, -0.1) is 0 Å². The van der Waals surface area contributed by atoms with Crippen LogP contribution in [0.4, 0.5) is 4.79 Å². The van der Waals surface area contributed by atoms with E-state index in [4.69, 9.17) is 16.3 Å². The molecular weight excluding hydrogens is 280 g/mol. The van der Waals surface area contributed by atoms with Crippen molar-refractivity contribution < 1.29 is 14.3 Å². The maximum Gasteiger partial charge on any atom is 0.410 e. The minimum atomic E-state index is -0.336. The zero-order chi connectivity index (χ0) is 14.5. The van der Waals surface area contributed by atoms with Crippen molar-refractivity contribution in [1.29, 1.82) is 0 Å². The average Bonchev–Trinajstić information content (AvgIpc) is 2.88. The van der Waals surface area contributed by atoms with E-state index in [0.717, 1.165) is 12.8 Å². The van der Waals surface area contributed by atoms with Gasteiger partial charge in [-0.1, -0.05) is 11.6 Å². The number of Topliss-reactive ketones (excluding diaryl/α,β-unsaturated/α-hetero) is 1. The Labute approximate surface area is 122 Å². The first-order valence-corrected chi connectivity index (χ1v) is 7.07. The molecule has 1 saturated heterocycles. The SMILES string of the molecule is CCOC(=O)N1CCCC1CC(=O)c1ccc(Cl)nc1. The van der Waals surface area contributed by atoms with E-state index >= 15 is 0 Å². The van der Waals surface area contributed by atoms with Crippen molar-refractivity contribution in [3.05, 3.63) is 29.0 Å². The lowest BCUT2D eigenvalue weighted by Gasteiger charge is -2.23. The van der Waals surface area contributed by atoms with Gasteiger partial charge < -0.3 is 9.64 Å². The average molecular weight is 297 g/mol. The summed E-state index contributed by atoms with van der Waals surface area (Å²) in [5, 5.41) is 0.357. The van der Waals surface area contributed by atoms with Crippen molar-refractivity contribution in [2.75, 3.05) is 13.2 Å². The third kappa shape index (κ3) is 3.48. The molecule has 0 N–H and O–H groups in total. The first-order chi connectivity index (χ1) is 9.61. The second-order valence-electron chi connectivity index (χ2n) is 4.69. The summed E-state index contributed by atoms with van der Waals surface area (Å²) in [6, 6.07) is 3.16. The van der Waals surface area contributed by atoms with Crippen LogP contribution in [0.1, 0.15) is 36.5 Å². The van der Waals surface area contributed by atoms with Crippen molar-refractivity contribution >= 4 is 23.5 Å². The number of hydrogen-bond donors (Lipinski definition) is 0. The van der Waals surface area contributed by atoms with Gasteiger partial charge in [-0.3, -0.25) is 4.79 Å². The predicted octanol–water partition coefficient (Wildman–Crippen LogP) is 2.93. The molecule has 0 radical (unpaired) electrons. The Hall–Kier alpha value is -1.62. The minimum Gasteiger partial charge on any atom is -0.450 e. The number of rotatable bonds is 4. The number of hydrogen-bond acceptors (Lipinski definition) is 4. The molecule has 1 atom stereocenters. The Kier molecular flexibility index (Phi) is 4.95. The number of likely N-dealkylation sites (tertiary alicyclic amines) is 1. The van der Waals surface area contributed by atoms with Crippen LogP contribution in [0.5, 0.6) is 0 Å². The molecule has 1 amide bonds. The lowest BCUT2D eigenvalue weighted by Crippen LogP contribution is -2.37. The number of carbonyl (C=O) groups is 2. The Bertz CT molecular complexity index is 490. The summed E-state index contributed by atoms with van der Waals surface area (Å²) in [6.45, 7) is 2.76. The van der Waals surface area contributed by atoms with Crippen LogP contribution in [-0.2, 0) is 4.74 Å². The summed E-state index contributed by atoms with van der Waals surface area (Å²) in [6.07, 6.45) is 3.15. The number of aromatic nitrogens is 1. The molecule has 0 bridgehead atoms. The molecule has 2 heterocycles. The van der Waals surface area contributed by atoms with Crippen LogP contribution in [0.3, 0.4) is 0 Å². The summed E-state index contributed by atoms with van der Waals surface area (Å²) in [7, 11) is 0. The third-order valence-electron chi connectivity index (χ3n) is 3.35. The van der Waals surface area contributed by atoms with Crippen molar-refractivity contribution in [2.24, 2.45) is 0 Å². The van der Waals surface area contributed by atoms with Gasteiger partial charge in [0.25, 0.3) is 0 Å². The Morgan fingerprint density at radius 2 is 2.30 bits per heavy atom. The first kappa shape index (κ1) is 14.8. The van der Waals surface area contributed by atoms with E-state index in [0.29, 0.717) is 30.3 Å². The molecule has 0 aliphatic carbocycles. The van der Waals surface area contributed by atoms with E-state index in [-0.39, 0.29) is 17.9 Å². The lowest BCUT2D eigenvalue weighted by atomic mass is 10.0. The van der Waals surface area contributed by atoms with Gasteiger partial charge in [-0.05, 0) is 31.9 Å². The van der Waals surface area contributed by atoms with Crippen LogP contribution in [0.25, 0.3) is 0 Å². The second kappa shape index (κ2) is 6.70. The van der Waals surface area contributed by atoms with Gasteiger partial charge in [0, 0.05) is 30.8 Å². The summed E-state index contributed by atoms with van der Waals surface area (Å²) in [5.41, 5.74) is 0.519. The number of ether oxygens (including phenoxy) is 1. The molecule has 1 unspecified atom stereocenters. The highest BCUT2D eigenvalue weighted by Crippen LogP contribution is 2.22. The van der Waals surface area contributed by atoms with Crippen LogP contribution < -0.4 is 0 Å². The highest BCUT2D eigenvalue weighted by Gasteiger charge is 2.31. The molecule has 1 aliphatic rings. The number of pyridine rings is 1. The quantitative estimate of drug-likeness (QED) is 0.633. The number of nitrogens with zero attached hydrogens (tertiary/aromatic N) is 2. The Balaban J connectivity index is 1.99. The lowest BCUT2D eigenvalue weighted by molar-refractivity contribution is 0.0879. The summed E-state index contributed by atoms with van der Waals surface area (Å²) in [5.74, 6) is -0.0321. The molecule has 0 saturated carbocycles. The molecule has 5 nitrogen and oxygen atoms in total. The molecule has 6 heteroatoms. The van der Waals surface area contributed by atoms with Gasteiger partial charge in [0.05, 0.1) is 6.61 Å². The molecule has 20 heavy (non-hydrogen) atoms. The fourth-order valence-electron chi connectivity index (χ4n) is 2.37. The molecule has 108 valence electrons. The van der Waals surface area contributed by atoms with Gasteiger partial charge >= 0.3 is 6.09 Å². The van der Waals surface area contributed by atoms with Crippen LogP contribution in [0.15, 0.2) is 18.3 Å². The number of halogens is 1. The van der Waals surface area contributed by atoms with Gasteiger partial charge in [-0.2, -0.15) is 0 Å². The molecule has 2 rings (SSSR count). The van der Waals surface area contributed by atoms with Crippen LogP contribution in [0, 0.1) is 0 Å². The second-order valence-corrected chi connectivity index (χ2v) is 5.07. The summed E-state index contributed by atoms with van der Waals surface area (Å²) >= 11 is 5.69. The molecule has 1 aromatic rings. The van der Waals surface area contributed by atoms with Crippen LogP contribution in [0.2, 0.25) is 5.15 Å². The fraction of sp³-hybridized carbons (Fsp3) is 0.500. The maximum atomic E-state index is 12.2. The standard InChI is InChI=1S/C14H17ClN2O3/c1-2-20-14(19)17-7-3-4-11(17)8-12(18)10-5-6-13(15)16-9-10/h5-6,9,11H,2-4,7-8H2,1H3. The number of carbonyl (C=O) groups excluding carboxylic acids is 2. The van der Waals surface area contributed by atoms with E-state index in [1.807, 2.05) is 0 Å². The molecule has 1 fully saturated rings. The van der Waals surface area contributed by atoms with Gasteiger partial charge in [-0.25, -0.2) is 9.78 Å². The predicted molar refractivity (Wildman–Crippen MR) is 74.9 cm³/mol. The Morgan fingerprint density at radius 1 is 1.50 bits per heavy atom. The molecule has 0 aromatic carbocycles. The summed E-state index contributed by atoms with van der Waals surface area (Å²) in [4.78, 5) is 29.5. The monoisotopic (exact) mass is 296 g/mol. The highest BCUT2D eigenvalue weighted by molar-refractivity contribution is 6.29. The largest absolute Gasteiger partial charge is 0.450 e. The van der Waals surface area contributed by atoms with Crippen LogP contribution >= 0.6 is 11.6 Å². The maximum absolute atomic E-state index is 12.2. The third-order valence-corrected chi connectivity index (χ3v) is 3.57. The Morgan fingerprint density at radius 3 is 2.95 bits per heavy atom. The van der Waals surface area contributed by atoms with Gasteiger partial charge in [0.2, 0.25) is 0 Å². The first-order valence-electron chi connectivity index (χ1n) is 6.70. The highest BCUT2D eigenvalue weighted by atomic mass is 35.5. The van der Waals surface area contributed by atoms with Crippen LogP contribution in [-0.4, -0.2) is 41.0 Å². The van der Waals surface area contributed by atoms with Gasteiger partial charge in [0.15, 0.2) is 5.78 Å². The smallest absolute Gasteiger partial charge is 0.410 e. The molecule has 1 aliphatic heterocycles. The molecular formula is C14H17ClN2O3. The normalized spacial score (nSPS) is 18.1. The fourth-order valence-corrected chi connectivity index (χ4v) is 2.48. The van der Waals surface area contributed by atoms with Crippen molar-refractivity contribution in [3.8, 4) is 0 Å². The summed E-state index contributed by atoms with van der Waals surface area (Å²) < 4.78 is 5.00. The van der Waals surface area contributed by atoms with E-state index in [2.05, 4.69) is 4.98 Å². The zero-order valence-electron chi connectivity index (χ0n) is 11.3. The van der Waals surface area contributed by atoms with Crippen molar-refractivity contribution in [3.63, 3.8) is 0 Å². The topological polar surface area (TPSA) is 59.5 Å². The minimum absolute atomic E-state index is 0.0321. The molecule has 1 aromatic heterocycles. The van der Waals surface area contributed by atoms with E-state index in [1.165, 1.54) is 6.20 Å². The van der Waals surface area contributed by atoms with Crippen molar-refractivity contribution in [1.82, 2.24) is 9.88 Å².